The lowest BCUT2D eigenvalue weighted by Gasteiger charge is -2.31. The van der Waals surface area contributed by atoms with Gasteiger partial charge in [0.1, 0.15) is 0 Å². The molecule has 0 unspecified atom stereocenters. The second-order valence-electron chi connectivity index (χ2n) is 7.66. The fourth-order valence-corrected chi connectivity index (χ4v) is 5.38. The van der Waals surface area contributed by atoms with Crippen LogP contribution in [0.15, 0.2) is 71.8 Å². The molecule has 1 fully saturated rings. The molecule has 1 saturated heterocycles. The van der Waals surface area contributed by atoms with Crippen molar-refractivity contribution < 1.29 is 18.0 Å². The Hall–Kier alpha value is -3.30. The first-order valence-corrected chi connectivity index (χ1v) is 11.9. The second-order valence-corrected chi connectivity index (χ2v) is 9.59. The van der Waals surface area contributed by atoms with Gasteiger partial charge in [0.25, 0.3) is 0 Å². The van der Waals surface area contributed by atoms with E-state index in [0.29, 0.717) is 25.1 Å². The van der Waals surface area contributed by atoms with Crippen molar-refractivity contribution in [1.29, 1.82) is 0 Å². The summed E-state index contributed by atoms with van der Waals surface area (Å²) in [6.07, 6.45) is 2.84. The largest absolute Gasteiger partial charge is 0.347 e. The average Bonchev–Trinajstić information content (AvgIpc) is 2.83. The Morgan fingerprint density at radius 3 is 2.66 bits per heavy atom. The molecule has 2 N–H and O–H groups in total. The highest BCUT2D eigenvalue weighted by Gasteiger charge is 2.33. The number of piperidine rings is 1. The van der Waals surface area contributed by atoms with E-state index in [4.69, 9.17) is 0 Å². The molecular formula is C23H24N4O4S. The van der Waals surface area contributed by atoms with Crippen LogP contribution in [0, 0.1) is 5.92 Å². The molecule has 32 heavy (non-hydrogen) atoms. The zero-order chi connectivity index (χ0) is 22.6. The molecule has 9 heteroatoms. The summed E-state index contributed by atoms with van der Waals surface area (Å²) in [5.41, 5.74) is 1.38. The van der Waals surface area contributed by atoms with Gasteiger partial charge in [-0.15, -0.1) is 0 Å². The Bertz CT molecular complexity index is 1230. The Morgan fingerprint density at radius 2 is 1.84 bits per heavy atom. The van der Waals surface area contributed by atoms with E-state index >= 15 is 0 Å². The predicted molar refractivity (Wildman–Crippen MR) is 121 cm³/mol. The van der Waals surface area contributed by atoms with Gasteiger partial charge in [0.2, 0.25) is 21.8 Å². The smallest absolute Gasteiger partial charge is 0.243 e. The summed E-state index contributed by atoms with van der Waals surface area (Å²) in [4.78, 5) is 29.5. The first kappa shape index (κ1) is 21.9. The molecule has 0 radical (unpaired) electrons. The lowest BCUT2D eigenvalue weighted by molar-refractivity contribution is -0.128. The highest BCUT2D eigenvalue weighted by Crippen LogP contribution is 2.24. The maximum Gasteiger partial charge on any atom is 0.243 e. The third-order valence-electron chi connectivity index (χ3n) is 5.48. The summed E-state index contributed by atoms with van der Waals surface area (Å²) < 4.78 is 27.1. The maximum atomic E-state index is 12.9. The Labute approximate surface area is 186 Å². The Morgan fingerprint density at radius 1 is 1.03 bits per heavy atom. The van der Waals surface area contributed by atoms with E-state index in [-0.39, 0.29) is 29.8 Å². The van der Waals surface area contributed by atoms with E-state index in [1.165, 1.54) is 4.31 Å². The number of sulfonamides is 1. The Kier molecular flexibility index (Phi) is 6.48. The number of benzene rings is 2. The molecule has 2 amide bonds. The molecule has 166 valence electrons. The van der Waals surface area contributed by atoms with Gasteiger partial charge < -0.3 is 10.6 Å². The molecular weight excluding hydrogens is 428 g/mol. The Balaban J connectivity index is 1.35. The minimum atomic E-state index is -3.65. The molecule has 0 saturated carbocycles. The van der Waals surface area contributed by atoms with Crippen molar-refractivity contribution in [3.05, 3.63) is 66.9 Å². The SMILES string of the molecule is O=C(CNC(=O)[C@@H]1CCCN(S(=O)(=O)c2ccccc2)C1)Nc1cccc2ncccc12. The molecule has 4 rings (SSSR count). The van der Waals surface area contributed by atoms with E-state index in [9.17, 15) is 18.0 Å². The number of nitrogens with one attached hydrogen (secondary N) is 2. The standard InChI is InChI=1S/C23H24N4O4S/c28-22(26-21-12-4-11-20-19(21)10-5-13-24-20)15-25-23(29)17-7-6-14-27(16-17)32(30,31)18-8-2-1-3-9-18/h1-5,8-13,17H,6-7,14-16H2,(H,25,29)(H,26,28)/t17-/m1/s1. The van der Waals surface area contributed by atoms with Gasteiger partial charge in [-0.25, -0.2) is 8.42 Å². The van der Waals surface area contributed by atoms with E-state index < -0.39 is 15.9 Å². The summed E-state index contributed by atoms with van der Waals surface area (Å²) in [6, 6.07) is 17.3. The van der Waals surface area contributed by atoms with Crippen LogP contribution >= 0.6 is 0 Å². The molecule has 1 atom stereocenters. The number of rotatable bonds is 6. The summed E-state index contributed by atoms with van der Waals surface area (Å²) in [6.45, 7) is 0.272. The van der Waals surface area contributed by atoms with Crippen LogP contribution in [-0.2, 0) is 19.6 Å². The summed E-state index contributed by atoms with van der Waals surface area (Å²) >= 11 is 0. The molecule has 0 aliphatic carbocycles. The van der Waals surface area contributed by atoms with Crippen LogP contribution in [0.25, 0.3) is 10.9 Å². The third-order valence-corrected chi connectivity index (χ3v) is 7.36. The van der Waals surface area contributed by atoms with Crippen molar-refractivity contribution >= 4 is 38.4 Å². The first-order valence-electron chi connectivity index (χ1n) is 10.4. The monoisotopic (exact) mass is 452 g/mol. The van der Waals surface area contributed by atoms with Crippen LogP contribution in [0.4, 0.5) is 5.69 Å². The molecule has 3 aromatic rings. The van der Waals surface area contributed by atoms with Crippen LogP contribution in [0.2, 0.25) is 0 Å². The van der Waals surface area contributed by atoms with Crippen LogP contribution in [0.3, 0.4) is 0 Å². The number of carbonyl (C=O) groups is 2. The molecule has 2 heterocycles. The molecule has 1 aromatic heterocycles. The van der Waals surface area contributed by atoms with Gasteiger partial charge in [0.05, 0.1) is 28.6 Å². The topological polar surface area (TPSA) is 108 Å². The number of pyridine rings is 1. The van der Waals surface area contributed by atoms with Gasteiger partial charge in [0.15, 0.2) is 0 Å². The number of hydrogen-bond acceptors (Lipinski definition) is 5. The summed E-state index contributed by atoms with van der Waals surface area (Å²) in [5.74, 6) is -1.19. The van der Waals surface area contributed by atoms with E-state index in [0.717, 1.165) is 10.9 Å². The van der Waals surface area contributed by atoms with Gasteiger partial charge in [-0.05, 0) is 49.2 Å². The zero-order valence-corrected chi connectivity index (χ0v) is 18.2. The zero-order valence-electron chi connectivity index (χ0n) is 17.4. The molecule has 2 aromatic carbocycles. The number of amides is 2. The van der Waals surface area contributed by atoms with Crippen molar-refractivity contribution in [2.24, 2.45) is 5.92 Å². The van der Waals surface area contributed by atoms with Crippen molar-refractivity contribution in [1.82, 2.24) is 14.6 Å². The number of aromatic nitrogens is 1. The highest BCUT2D eigenvalue weighted by molar-refractivity contribution is 7.89. The van der Waals surface area contributed by atoms with Gasteiger partial charge in [0, 0.05) is 24.7 Å². The molecule has 1 aliphatic rings. The number of carbonyl (C=O) groups excluding carboxylic acids is 2. The van der Waals surface area contributed by atoms with Crippen LogP contribution in [0.1, 0.15) is 12.8 Å². The van der Waals surface area contributed by atoms with E-state index in [1.807, 2.05) is 12.1 Å². The normalized spacial score (nSPS) is 17.1. The van der Waals surface area contributed by atoms with Gasteiger partial charge in [-0.3, -0.25) is 14.6 Å². The quantitative estimate of drug-likeness (QED) is 0.597. The second kappa shape index (κ2) is 9.46. The van der Waals surface area contributed by atoms with Crippen molar-refractivity contribution in [3.63, 3.8) is 0 Å². The maximum absolute atomic E-state index is 12.9. The summed E-state index contributed by atoms with van der Waals surface area (Å²) in [7, 11) is -3.65. The minimum absolute atomic E-state index is 0.0969. The number of hydrogen-bond donors (Lipinski definition) is 2. The van der Waals surface area contributed by atoms with Crippen molar-refractivity contribution in [3.8, 4) is 0 Å². The fourth-order valence-electron chi connectivity index (χ4n) is 3.83. The van der Waals surface area contributed by atoms with Crippen molar-refractivity contribution in [2.45, 2.75) is 17.7 Å². The average molecular weight is 453 g/mol. The van der Waals surface area contributed by atoms with Crippen molar-refractivity contribution in [2.75, 3.05) is 25.0 Å². The van der Waals surface area contributed by atoms with Crippen LogP contribution in [0.5, 0.6) is 0 Å². The molecule has 1 aliphatic heterocycles. The highest BCUT2D eigenvalue weighted by atomic mass is 32.2. The molecule has 8 nitrogen and oxygen atoms in total. The van der Waals surface area contributed by atoms with E-state index in [1.54, 1.807) is 54.7 Å². The molecule has 0 bridgehead atoms. The van der Waals surface area contributed by atoms with Crippen LogP contribution < -0.4 is 10.6 Å². The summed E-state index contributed by atoms with van der Waals surface area (Å²) in [5, 5.41) is 6.25. The fraction of sp³-hybridized carbons (Fsp3) is 0.261. The number of nitrogens with zero attached hydrogens (tertiary/aromatic N) is 2. The molecule has 0 spiro atoms. The third kappa shape index (κ3) is 4.79. The predicted octanol–water partition coefficient (Wildman–Crippen LogP) is 2.39. The van der Waals surface area contributed by atoms with Gasteiger partial charge >= 0.3 is 0 Å². The minimum Gasteiger partial charge on any atom is -0.347 e. The van der Waals surface area contributed by atoms with Gasteiger partial charge in [-0.1, -0.05) is 24.3 Å². The number of anilines is 1. The number of fused-ring (bicyclic) bond motifs is 1. The van der Waals surface area contributed by atoms with Gasteiger partial charge in [-0.2, -0.15) is 4.31 Å². The first-order chi connectivity index (χ1) is 15.4. The van der Waals surface area contributed by atoms with E-state index in [2.05, 4.69) is 15.6 Å². The lowest BCUT2D eigenvalue weighted by Crippen LogP contribution is -2.46. The van der Waals surface area contributed by atoms with Crippen LogP contribution in [-0.4, -0.2) is 49.2 Å². The lowest BCUT2D eigenvalue weighted by atomic mass is 9.99.